The minimum atomic E-state index is -4.78. The second kappa shape index (κ2) is 14.2. The van der Waals surface area contributed by atoms with E-state index in [2.05, 4.69) is 48.5 Å². The molecule has 0 aliphatic rings. The zero-order chi connectivity index (χ0) is 23.8. The maximum atomic E-state index is 12.2. The average Bonchev–Trinajstić information content (AvgIpc) is 2.47. The standard InChI is InChI=1S/C22H42O7S.Na/c1-16(14-21(3,4)5)9-11-28-19(23)13-18(30(25,26)27)20(24)29-12-10-17(2)15-22(6,7)8;/h16-18H,9-15H2,1-8H3,(H,25,26,27);. The molecular formula is C22H42NaO7S. The molecule has 3 atom stereocenters. The molecule has 0 aromatic rings. The van der Waals surface area contributed by atoms with Gasteiger partial charge in [-0.05, 0) is 48.3 Å². The predicted octanol–water partition coefficient (Wildman–Crippen LogP) is 4.26. The van der Waals surface area contributed by atoms with E-state index < -0.39 is 33.7 Å². The first-order chi connectivity index (χ1) is 13.4. The molecule has 0 rings (SSSR count). The van der Waals surface area contributed by atoms with E-state index in [1.807, 2.05) is 6.92 Å². The monoisotopic (exact) mass is 473 g/mol. The second-order valence-corrected chi connectivity index (χ2v) is 12.5. The van der Waals surface area contributed by atoms with Gasteiger partial charge in [0.05, 0.1) is 19.6 Å². The van der Waals surface area contributed by atoms with Crippen molar-refractivity contribution < 1.29 is 32.0 Å². The molecule has 0 aliphatic heterocycles. The van der Waals surface area contributed by atoms with Gasteiger partial charge in [-0.2, -0.15) is 8.42 Å². The summed E-state index contributed by atoms with van der Waals surface area (Å²) >= 11 is 0. The third-order valence-corrected chi connectivity index (χ3v) is 5.70. The minimum absolute atomic E-state index is 0. The molecule has 0 aromatic carbocycles. The van der Waals surface area contributed by atoms with E-state index in [0.29, 0.717) is 18.8 Å². The fraction of sp³-hybridized carbons (Fsp3) is 0.909. The first kappa shape index (κ1) is 33.0. The summed E-state index contributed by atoms with van der Waals surface area (Å²) in [5.74, 6) is -1.37. The summed E-state index contributed by atoms with van der Waals surface area (Å²) in [6.07, 6.45) is 2.32. The van der Waals surface area contributed by atoms with Gasteiger partial charge in [-0.15, -0.1) is 0 Å². The van der Waals surface area contributed by atoms with Crippen LogP contribution in [0.4, 0.5) is 0 Å². The van der Waals surface area contributed by atoms with Crippen molar-refractivity contribution in [2.45, 2.75) is 92.7 Å². The van der Waals surface area contributed by atoms with Gasteiger partial charge < -0.3 is 9.47 Å². The first-order valence-corrected chi connectivity index (χ1v) is 12.2. The Morgan fingerprint density at radius 2 is 1.23 bits per heavy atom. The van der Waals surface area contributed by atoms with Crippen LogP contribution in [0.25, 0.3) is 0 Å². The molecule has 0 saturated heterocycles. The Labute approximate surface area is 211 Å². The van der Waals surface area contributed by atoms with E-state index in [1.165, 1.54) is 0 Å². The number of carbonyl (C=O) groups is 2. The van der Waals surface area contributed by atoms with Crippen LogP contribution in [0.3, 0.4) is 0 Å². The Morgan fingerprint density at radius 3 is 1.58 bits per heavy atom. The molecule has 3 unspecified atom stereocenters. The van der Waals surface area contributed by atoms with Crippen molar-refractivity contribution >= 4 is 51.6 Å². The molecule has 0 fully saturated rings. The molecule has 31 heavy (non-hydrogen) atoms. The topological polar surface area (TPSA) is 107 Å². The van der Waals surface area contributed by atoms with Gasteiger partial charge in [-0.25, -0.2) is 0 Å². The van der Waals surface area contributed by atoms with Crippen molar-refractivity contribution in [3.63, 3.8) is 0 Å². The Morgan fingerprint density at radius 1 is 0.839 bits per heavy atom. The van der Waals surface area contributed by atoms with E-state index in [4.69, 9.17) is 9.47 Å². The quantitative estimate of drug-likeness (QED) is 0.256. The SMILES string of the molecule is CC(CCOC(=O)CC(C(=O)OCCC(C)CC(C)(C)C)S(=O)(=O)O)CC(C)(C)C.[Na]. The smallest absolute Gasteiger partial charge is 0.327 e. The van der Waals surface area contributed by atoms with Crippen LogP contribution in [-0.2, 0) is 29.2 Å². The van der Waals surface area contributed by atoms with Crippen LogP contribution in [-0.4, -0.2) is 72.9 Å². The first-order valence-electron chi connectivity index (χ1n) is 10.7. The van der Waals surface area contributed by atoms with Crippen molar-refractivity contribution in [2.24, 2.45) is 22.7 Å². The summed E-state index contributed by atoms with van der Waals surface area (Å²) in [5.41, 5.74) is 0.294. The fourth-order valence-corrected chi connectivity index (χ4v) is 4.30. The fourth-order valence-electron chi connectivity index (χ4n) is 3.64. The second-order valence-electron chi connectivity index (χ2n) is 10.9. The summed E-state index contributed by atoms with van der Waals surface area (Å²) in [6, 6.07) is 0. The van der Waals surface area contributed by atoms with Crippen molar-refractivity contribution in [1.29, 1.82) is 0 Å². The van der Waals surface area contributed by atoms with E-state index >= 15 is 0 Å². The van der Waals surface area contributed by atoms with Crippen LogP contribution in [0.15, 0.2) is 0 Å². The van der Waals surface area contributed by atoms with Gasteiger partial charge in [0.1, 0.15) is 0 Å². The molecule has 0 spiro atoms. The third-order valence-electron chi connectivity index (χ3n) is 4.62. The molecule has 0 saturated carbocycles. The molecule has 0 bridgehead atoms. The summed E-state index contributed by atoms with van der Waals surface area (Å²) in [6.45, 7) is 17.0. The van der Waals surface area contributed by atoms with Gasteiger partial charge >= 0.3 is 11.9 Å². The van der Waals surface area contributed by atoms with E-state index in [9.17, 15) is 22.6 Å². The molecule has 7 nitrogen and oxygen atoms in total. The van der Waals surface area contributed by atoms with Crippen LogP contribution in [0.5, 0.6) is 0 Å². The van der Waals surface area contributed by atoms with E-state index in [1.54, 1.807) is 0 Å². The van der Waals surface area contributed by atoms with Crippen LogP contribution in [0.1, 0.15) is 87.5 Å². The molecule has 1 N–H and O–H groups in total. The van der Waals surface area contributed by atoms with E-state index in [-0.39, 0.29) is 59.5 Å². The number of carbonyl (C=O) groups excluding carboxylic acids is 2. The van der Waals surface area contributed by atoms with Gasteiger partial charge in [0.15, 0.2) is 5.25 Å². The minimum Gasteiger partial charge on any atom is -0.466 e. The molecule has 0 amide bonds. The Balaban J connectivity index is 0. The number of hydrogen-bond donors (Lipinski definition) is 1. The van der Waals surface area contributed by atoms with Crippen molar-refractivity contribution in [2.75, 3.05) is 13.2 Å². The molecule has 0 aliphatic carbocycles. The molecular weight excluding hydrogens is 431 g/mol. The van der Waals surface area contributed by atoms with Crippen molar-refractivity contribution in [3.05, 3.63) is 0 Å². The normalized spacial score (nSPS) is 15.4. The number of esters is 2. The predicted molar refractivity (Wildman–Crippen MR) is 123 cm³/mol. The molecule has 179 valence electrons. The van der Waals surface area contributed by atoms with Gasteiger partial charge in [0.25, 0.3) is 10.1 Å². The summed E-state index contributed by atoms with van der Waals surface area (Å²) in [7, 11) is -4.78. The summed E-state index contributed by atoms with van der Waals surface area (Å²) in [5, 5.41) is -1.96. The van der Waals surface area contributed by atoms with Gasteiger partial charge in [-0.3, -0.25) is 14.1 Å². The maximum absolute atomic E-state index is 12.2. The number of rotatable bonds is 12. The van der Waals surface area contributed by atoms with Crippen LogP contribution in [0, 0.1) is 22.7 Å². The molecule has 1 radical (unpaired) electrons. The Kier molecular flexibility index (Phi) is 15.1. The summed E-state index contributed by atoms with van der Waals surface area (Å²) < 4.78 is 42.6. The van der Waals surface area contributed by atoms with Gasteiger partial charge in [-0.1, -0.05) is 55.4 Å². The van der Waals surface area contributed by atoms with Crippen LogP contribution in [0.2, 0.25) is 0 Å². The van der Waals surface area contributed by atoms with Crippen molar-refractivity contribution in [1.82, 2.24) is 0 Å². The molecule has 0 aromatic heterocycles. The average molecular weight is 474 g/mol. The largest absolute Gasteiger partial charge is 0.466 e. The van der Waals surface area contributed by atoms with Crippen LogP contribution >= 0.6 is 0 Å². The maximum Gasteiger partial charge on any atom is 0.327 e. The number of ether oxygens (including phenoxy) is 2. The van der Waals surface area contributed by atoms with Gasteiger partial charge in [0, 0.05) is 29.6 Å². The summed E-state index contributed by atoms with van der Waals surface area (Å²) in [4.78, 5) is 24.2. The Hall–Kier alpha value is -0.150. The van der Waals surface area contributed by atoms with E-state index in [0.717, 1.165) is 12.8 Å². The zero-order valence-electron chi connectivity index (χ0n) is 21.0. The number of hydrogen-bond acceptors (Lipinski definition) is 6. The molecule has 0 heterocycles. The van der Waals surface area contributed by atoms with Gasteiger partial charge in [0.2, 0.25) is 0 Å². The molecule has 9 heteroatoms. The third kappa shape index (κ3) is 18.0. The zero-order valence-corrected chi connectivity index (χ0v) is 23.8. The van der Waals surface area contributed by atoms with Crippen LogP contribution < -0.4 is 0 Å². The Bertz CT molecular complexity index is 648. The van der Waals surface area contributed by atoms with Crippen molar-refractivity contribution in [3.8, 4) is 0 Å².